The Balaban J connectivity index is 1.68. The first-order valence-corrected chi connectivity index (χ1v) is 8.66. The lowest BCUT2D eigenvalue weighted by molar-refractivity contribution is -0.126. The Bertz CT molecular complexity index is 778. The molecular weight excluding hydrogens is 316 g/mol. The van der Waals surface area contributed by atoms with Gasteiger partial charge >= 0.3 is 0 Å². The maximum absolute atomic E-state index is 13.1. The molecule has 2 aromatic rings. The normalized spacial score (nSPS) is 25.6. The predicted molar refractivity (Wildman–Crippen MR) is 94.9 cm³/mol. The molecule has 5 nitrogen and oxygen atoms in total. The first kappa shape index (κ1) is 15.8. The van der Waals surface area contributed by atoms with Crippen molar-refractivity contribution >= 4 is 23.2 Å². The molecule has 2 aliphatic heterocycles. The molecule has 2 aromatic carbocycles. The molecular formula is C20H20N2O3. The third kappa shape index (κ3) is 2.51. The number of carbonyl (C=O) groups excluding carboxylic acids is 2. The molecule has 128 valence electrons. The zero-order chi connectivity index (χ0) is 17.4. The van der Waals surface area contributed by atoms with Crippen molar-refractivity contribution in [1.82, 2.24) is 0 Å². The third-order valence-electron chi connectivity index (χ3n) is 4.85. The van der Waals surface area contributed by atoms with Gasteiger partial charge in [0.1, 0.15) is 0 Å². The van der Waals surface area contributed by atoms with Crippen LogP contribution in [-0.2, 0) is 14.4 Å². The fourth-order valence-electron chi connectivity index (χ4n) is 3.74. The standard InChI is InChI=1S/C20H20N2O3/c1-2-9-16-17-18(25-22(16)15-12-7-4-8-13-15)20(24)21(19(17)23)14-10-5-3-6-11-14/h3-8,10-13,16-18H,2,9H2,1H3/t16-,17+,18-/m0/s1. The summed E-state index contributed by atoms with van der Waals surface area (Å²) >= 11 is 0. The number of hydroxylamine groups is 1. The highest BCUT2D eigenvalue weighted by Crippen LogP contribution is 2.41. The van der Waals surface area contributed by atoms with E-state index in [0.29, 0.717) is 5.69 Å². The van der Waals surface area contributed by atoms with E-state index in [1.165, 1.54) is 4.90 Å². The summed E-state index contributed by atoms with van der Waals surface area (Å²) in [5.41, 5.74) is 1.49. The highest BCUT2D eigenvalue weighted by molar-refractivity contribution is 6.23. The zero-order valence-electron chi connectivity index (χ0n) is 14.0. The van der Waals surface area contributed by atoms with E-state index in [9.17, 15) is 9.59 Å². The average molecular weight is 336 g/mol. The average Bonchev–Trinajstić information content (AvgIpc) is 3.13. The van der Waals surface area contributed by atoms with E-state index in [4.69, 9.17) is 4.84 Å². The van der Waals surface area contributed by atoms with Gasteiger partial charge < -0.3 is 0 Å². The van der Waals surface area contributed by atoms with Gasteiger partial charge in [-0.15, -0.1) is 0 Å². The number of amides is 2. The molecule has 0 radical (unpaired) electrons. The summed E-state index contributed by atoms with van der Waals surface area (Å²) in [5.74, 6) is -0.910. The number of carbonyl (C=O) groups is 2. The summed E-state index contributed by atoms with van der Waals surface area (Å²) in [7, 11) is 0. The lowest BCUT2D eigenvalue weighted by Crippen LogP contribution is -2.40. The Kier molecular flexibility index (Phi) is 4.01. The van der Waals surface area contributed by atoms with Gasteiger partial charge in [-0.25, -0.2) is 9.96 Å². The molecule has 0 aliphatic carbocycles. The van der Waals surface area contributed by atoms with Crippen molar-refractivity contribution in [3.63, 3.8) is 0 Å². The van der Waals surface area contributed by atoms with Gasteiger partial charge in [0, 0.05) is 0 Å². The van der Waals surface area contributed by atoms with Gasteiger partial charge in [-0.1, -0.05) is 49.7 Å². The van der Waals surface area contributed by atoms with Crippen LogP contribution in [0.3, 0.4) is 0 Å². The molecule has 2 heterocycles. The molecule has 0 saturated carbocycles. The molecule has 2 aliphatic rings. The second kappa shape index (κ2) is 6.33. The molecule has 0 N–H and O–H groups in total. The topological polar surface area (TPSA) is 49.9 Å². The fraction of sp³-hybridized carbons (Fsp3) is 0.300. The minimum atomic E-state index is -0.746. The van der Waals surface area contributed by atoms with Crippen molar-refractivity contribution in [2.24, 2.45) is 5.92 Å². The maximum atomic E-state index is 13.1. The van der Waals surface area contributed by atoms with E-state index < -0.39 is 12.0 Å². The first-order chi connectivity index (χ1) is 12.2. The lowest BCUT2D eigenvalue weighted by atomic mass is 9.93. The zero-order valence-corrected chi connectivity index (χ0v) is 14.0. The van der Waals surface area contributed by atoms with Crippen molar-refractivity contribution in [2.45, 2.75) is 31.9 Å². The Morgan fingerprint density at radius 2 is 1.48 bits per heavy atom. The van der Waals surface area contributed by atoms with Crippen LogP contribution in [0.15, 0.2) is 60.7 Å². The highest BCUT2D eigenvalue weighted by Gasteiger charge is 2.59. The molecule has 3 atom stereocenters. The van der Waals surface area contributed by atoms with E-state index in [1.807, 2.05) is 48.5 Å². The summed E-state index contributed by atoms with van der Waals surface area (Å²) in [6.45, 7) is 2.08. The van der Waals surface area contributed by atoms with Crippen molar-refractivity contribution in [3.05, 3.63) is 60.7 Å². The Morgan fingerprint density at radius 3 is 2.08 bits per heavy atom. The Labute approximate surface area is 146 Å². The van der Waals surface area contributed by atoms with E-state index in [0.717, 1.165) is 18.5 Å². The van der Waals surface area contributed by atoms with E-state index in [1.54, 1.807) is 17.2 Å². The van der Waals surface area contributed by atoms with Crippen LogP contribution in [0.1, 0.15) is 19.8 Å². The summed E-state index contributed by atoms with van der Waals surface area (Å²) in [4.78, 5) is 33.2. The molecule has 2 saturated heterocycles. The number of para-hydroxylation sites is 2. The summed E-state index contributed by atoms with van der Waals surface area (Å²) < 4.78 is 0. The van der Waals surface area contributed by atoms with Crippen molar-refractivity contribution in [1.29, 1.82) is 0 Å². The van der Waals surface area contributed by atoms with Crippen LogP contribution >= 0.6 is 0 Å². The predicted octanol–water partition coefficient (Wildman–Crippen LogP) is 3.17. The van der Waals surface area contributed by atoms with Crippen LogP contribution in [0.25, 0.3) is 0 Å². The largest absolute Gasteiger partial charge is 0.273 e. The lowest BCUT2D eigenvalue weighted by Gasteiger charge is -2.28. The Hall–Kier alpha value is -2.66. The van der Waals surface area contributed by atoms with Crippen LogP contribution in [0, 0.1) is 5.92 Å². The van der Waals surface area contributed by atoms with Gasteiger partial charge in [-0.2, -0.15) is 0 Å². The van der Waals surface area contributed by atoms with Crippen LogP contribution in [0.4, 0.5) is 11.4 Å². The van der Waals surface area contributed by atoms with Gasteiger partial charge in [0.15, 0.2) is 6.10 Å². The smallest absolute Gasteiger partial charge is 0.266 e. The molecule has 0 unspecified atom stereocenters. The van der Waals surface area contributed by atoms with E-state index in [2.05, 4.69) is 6.92 Å². The van der Waals surface area contributed by atoms with Crippen LogP contribution < -0.4 is 9.96 Å². The number of imide groups is 1. The monoisotopic (exact) mass is 336 g/mol. The van der Waals surface area contributed by atoms with Gasteiger partial charge in [-0.3, -0.25) is 14.4 Å². The molecule has 0 bridgehead atoms. The highest BCUT2D eigenvalue weighted by atomic mass is 16.7. The van der Waals surface area contributed by atoms with Crippen LogP contribution in [0.5, 0.6) is 0 Å². The quantitative estimate of drug-likeness (QED) is 0.805. The molecule has 0 aromatic heterocycles. The fourth-order valence-corrected chi connectivity index (χ4v) is 3.74. The van der Waals surface area contributed by atoms with Crippen molar-refractivity contribution < 1.29 is 14.4 Å². The number of nitrogens with zero attached hydrogens (tertiary/aromatic N) is 2. The number of rotatable bonds is 4. The summed E-state index contributed by atoms with van der Waals surface area (Å²) in [6, 6.07) is 18.6. The summed E-state index contributed by atoms with van der Waals surface area (Å²) in [5, 5.41) is 1.76. The van der Waals surface area contributed by atoms with E-state index >= 15 is 0 Å². The number of hydrogen-bond acceptors (Lipinski definition) is 4. The maximum Gasteiger partial charge on any atom is 0.266 e. The first-order valence-electron chi connectivity index (χ1n) is 8.66. The second-order valence-corrected chi connectivity index (χ2v) is 6.42. The Morgan fingerprint density at radius 1 is 0.880 bits per heavy atom. The van der Waals surface area contributed by atoms with Crippen LogP contribution in [-0.4, -0.2) is 24.0 Å². The molecule has 4 rings (SSSR count). The minimum absolute atomic E-state index is 0.137. The SMILES string of the molecule is CCC[C@H]1[C@H]2C(=O)N(c3ccccc3)C(=O)[C@H]2ON1c1ccccc1. The number of benzene rings is 2. The second-order valence-electron chi connectivity index (χ2n) is 6.42. The van der Waals surface area contributed by atoms with Gasteiger partial charge in [-0.05, 0) is 30.7 Å². The third-order valence-corrected chi connectivity index (χ3v) is 4.85. The van der Waals surface area contributed by atoms with Crippen molar-refractivity contribution in [2.75, 3.05) is 9.96 Å². The van der Waals surface area contributed by atoms with Gasteiger partial charge in [0.05, 0.1) is 23.3 Å². The number of anilines is 2. The van der Waals surface area contributed by atoms with E-state index in [-0.39, 0.29) is 17.9 Å². The number of hydrogen-bond donors (Lipinski definition) is 0. The molecule has 5 heteroatoms. The number of fused-ring (bicyclic) bond motifs is 1. The minimum Gasteiger partial charge on any atom is -0.273 e. The van der Waals surface area contributed by atoms with Gasteiger partial charge in [0.2, 0.25) is 5.91 Å². The van der Waals surface area contributed by atoms with Gasteiger partial charge in [0.25, 0.3) is 5.91 Å². The molecule has 25 heavy (non-hydrogen) atoms. The van der Waals surface area contributed by atoms with Crippen LogP contribution in [0.2, 0.25) is 0 Å². The molecule has 2 fully saturated rings. The molecule has 2 amide bonds. The van der Waals surface area contributed by atoms with Crippen molar-refractivity contribution in [3.8, 4) is 0 Å². The summed E-state index contributed by atoms with van der Waals surface area (Å²) in [6.07, 6.45) is 0.954. The molecule has 0 spiro atoms.